The van der Waals surface area contributed by atoms with Crippen LogP contribution in [0, 0.1) is 0 Å². The van der Waals surface area contributed by atoms with Crippen LogP contribution in [0.25, 0.3) is 23.0 Å². The second-order valence-electron chi connectivity index (χ2n) is 8.55. The Morgan fingerprint density at radius 1 is 1.03 bits per heavy atom. The maximum Gasteiger partial charge on any atom is 0.337 e. The van der Waals surface area contributed by atoms with Crippen LogP contribution in [-0.4, -0.2) is 34.7 Å². The zero-order valence-electron chi connectivity index (χ0n) is 20.1. The van der Waals surface area contributed by atoms with Crippen LogP contribution in [0.4, 0.5) is 0 Å². The van der Waals surface area contributed by atoms with Gasteiger partial charge in [-0.15, -0.1) is 0 Å². The number of Topliss-reactive ketones (excluding diaryl/α,β-unsaturated/α-hetero) is 1. The van der Waals surface area contributed by atoms with E-state index in [-0.39, 0.29) is 23.2 Å². The number of ether oxygens (including phenoxy) is 3. The van der Waals surface area contributed by atoms with E-state index in [4.69, 9.17) is 19.3 Å². The lowest BCUT2D eigenvalue weighted by Gasteiger charge is -2.09. The topological polar surface area (TPSA) is 79.7 Å². The van der Waals surface area contributed by atoms with Crippen molar-refractivity contribution in [1.82, 2.24) is 9.78 Å². The molecule has 0 atom stereocenters. The Hall–Kier alpha value is -4.65. The molecule has 180 valence electrons. The van der Waals surface area contributed by atoms with Crippen molar-refractivity contribution in [3.63, 3.8) is 0 Å². The van der Waals surface area contributed by atoms with E-state index in [0.717, 1.165) is 17.0 Å². The fourth-order valence-electron chi connectivity index (χ4n) is 3.97. The van der Waals surface area contributed by atoms with E-state index in [1.807, 2.05) is 74.6 Å². The molecule has 4 aromatic rings. The summed E-state index contributed by atoms with van der Waals surface area (Å²) in [6.45, 7) is 3.95. The van der Waals surface area contributed by atoms with Crippen LogP contribution in [0.2, 0.25) is 0 Å². The molecule has 1 aliphatic rings. The predicted molar refractivity (Wildman–Crippen MR) is 135 cm³/mol. The van der Waals surface area contributed by atoms with Crippen molar-refractivity contribution >= 4 is 17.8 Å². The zero-order valence-corrected chi connectivity index (χ0v) is 20.1. The fourth-order valence-corrected chi connectivity index (χ4v) is 3.97. The van der Waals surface area contributed by atoms with Crippen LogP contribution < -0.4 is 9.47 Å². The molecule has 1 aromatic heterocycles. The van der Waals surface area contributed by atoms with Gasteiger partial charge in [0.05, 0.1) is 30.0 Å². The normalized spacial score (nSPS) is 13.6. The Morgan fingerprint density at radius 2 is 1.78 bits per heavy atom. The first-order valence-corrected chi connectivity index (χ1v) is 11.5. The summed E-state index contributed by atoms with van der Waals surface area (Å²) in [5.74, 6) is 0.489. The molecule has 7 heteroatoms. The number of aromatic nitrogens is 2. The standard InChI is InChI=1S/C29H24N2O5/c1-18(2)35-23-12-9-19(10-13-23)27-21(17-31(30-27)22-7-5-4-6-8-22)16-26-28(32)24-15-20(29(33)34-3)11-14-25(24)36-26/h4-18H,1-3H3. The average Bonchev–Trinajstić information content (AvgIpc) is 3.45. The van der Waals surface area contributed by atoms with Gasteiger partial charge in [0.2, 0.25) is 5.78 Å². The minimum absolute atomic E-state index is 0.0697. The number of para-hydroxylation sites is 1. The molecule has 5 rings (SSSR count). The minimum Gasteiger partial charge on any atom is -0.491 e. The number of esters is 1. The predicted octanol–water partition coefficient (Wildman–Crippen LogP) is 5.73. The largest absolute Gasteiger partial charge is 0.491 e. The number of hydrogen-bond acceptors (Lipinski definition) is 6. The molecule has 0 aliphatic carbocycles. The molecule has 0 fully saturated rings. The highest BCUT2D eigenvalue weighted by atomic mass is 16.5. The molecule has 2 heterocycles. The van der Waals surface area contributed by atoms with Gasteiger partial charge in [0.1, 0.15) is 17.2 Å². The lowest BCUT2D eigenvalue weighted by atomic mass is 10.0. The van der Waals surface area contributed by atoms with Crippen molar-refractivity contribution in [3.8, 4) is 28.4 Å². The van der Waals surface area contributed by atoms with Gasteiger partial charge in [-0.1, -0.05) is 18.2 Å². The fraction of sp³-hybridized carbons (Fsp3) is 0.138. The smallest absolute Gasteiger partial charge is 0.337 e. The van der Waals surface area contributed by atoms with Crippen LogP contribution in [0.5, 0.6) is 11.5 Å². The Bertz CT molecular complexity index is 1470. The van der Waals surface area contributed by atoms with Crippen molar-refractivity contribution in [1.29, 1.82) is 0 Å². The average molecular weight is 481 g/mol. The highest BCUT2D eigenvalue weighted by molar-refractivity contribution is 6.15. The van der Waals surface area contributed by atoms with E-state index in [1.165, 1.54) is 13.2 Å². The van der Waals surface area contributed by atoms with E-state index in [2.05, 4.69) is 0 Å². The van der Waals surface area contributed by atoms with E-state index in [0.29, 0.717) is 22.6 Å². The van der Waals surface area contributed by atoms with Gasteiger partial charge in [0.15, 0.2) is 5.76 Å². The third-order valence-corrected chi connectivity index (χ3v) is 5.64. The first-order valence-electron chi connectivity index (χ1n) is 11.5. The van der Waals surface area contributed by atoms with Crippen LogP contribution in [0.1, 0.15) is 40.1 Å². The van der Waals surface area contributed by atoms with Gasteiger partial charge >= 0.3 is 5.97 Å². The number of methoxy groups -OCH3 is 1. The van der Waals surface area contributed by atoms with Crippen LogP contribution in [0.15, 0.2) is 84.8 Å². The lowest BCUT2D eigenvalue weighted by molar-refractivity contribution is 0.0600. The second-order valence-corrected chi connectivity index (χ2v) is 8.55. The van der Waals surface area contributed by atoms with Crippen LogP contribution >= 0.6 is 0 Å². The highest BCUT2D eigenvalue weighted by Gasteiger charge is 2.29. The third-order valence-electron chi connectivity index (χ3n) is 5.64. The summed E-state index contributed by atoms with van der Waals surface area (Å²) in [4.78, 5) is 25.1. The van der Waals surface area contributed by atoms with Crippen molar-refractivity contribution in [2.75, 3.05) is 7.11 Å². The van der Waals surface area contributed by atoms with Crippen molar-refractivity contribution < 1.29 is 23.8 Å². The number of carbonyl (C=O) groups is 2. The lowest BCUT2D eigenvalue weighted by Crippen LogP contribution is -2.05. The molecule has 36 heavy (non-hydrogen) atoms. The number of fused-ring (bicyclic) bond motifs is 1. The number of benzene rings is 3. The summed E-state index contributed by atoms with van der Waals surface area (Å²) in [5.41, 5.74) is 3.74. The number of hydrogen-bond donors (Lipinski definition) is 0. The molecular formula is C29H24N2O5. The van der Waals surface area contributed by atoms with Gasteiger partial charge < -0.3 is 14.2 Å². The first kappa shape index (κ1) is 23.1. The number of rotatable bonds is 6. The summed E-state index contributed by atoms with van der Waals surface area (Å²) in [6, 6.07) is 22.0. The third kappa shape index (κ3) is 4.51. The molecule has 0 radical (unpaired) electrons. The molecule has 0 bridgehead atoms. The molecule has 0 saturated carbocycles. The van der Waals surface area contributed by atoms with E-state index in [9.17, 15) is 9.59 Å². The van der Waals surface area contributed by atoms with Crippen LogP contribution in [0.3, 0.4) is 0 Å². The number of allylic oxidation sites excluding steroid dienone is 1. The van der Waals surface area contributed by atoms with Crippen molar-refractivity contribution in [2.24, 2.45) is 0 Å². The van der Waals surface area contributed by atoms with Gasteiger partial charge in [0, 0.05) is 17.3 Å². The quantitative estimate of drug-likeness (QED) is 0.259. The first-order chi connectivity index (χ1) is 17.4. The summed E-state index contributed by atoms with van der Waals surface area (Å²) >= 11 is 0. The Balaban J connectivity index is 1.55. The Labute approximate surface area is 208 Å². The second kappa shape index (κ2) is 9.54. The van der Waals surface area contributed by atoms with Gasteiger partial charge in [0.25, 0.3) is 0 Å². The molecular weight excluding hydrogens is 456 g/mol. The molecule has 0 amide bonds. The summed E-state index contributed by atoms with van der Waals surface area (Å²) < 4.78 is 18.2. The highest BCUT2D eigenvalue weighted by Crippen LogP contribution is 2.34. The SMILES string of the molecule is COC(=O)c1ccc2c(c1)C(=O)C(=Cc1cn(-c3ccccc3)nc1-c1ccc(OC(C)C)cc1)O2. The molecule has 0 spiro atoms. The number of ketones is 1. The van der Waals surface area contributed by atoms with Gasteiger partial charge in [-0.05, 0) is 74.5 Å². The maximum atomic E-state index is 13.1. The van der Waals surface area contributed by atoms with Gasteiger partial charge in [-0.25, -0.2) is 9.48 Å². The van der Waals surface area contributed by atoms with E-state index >= 15 is 0 Å². The van der Waals surface area contributed by atoms with E-state index in [1.54, 1.807) is 22.9 Å². The molecule has 0 saturated heterocycles. The van der Waals surface area contributed by atoms with Crippen LogP contribution in [-0.2, 0) is 4.74 Å². The van der Waals surface area contributed by atoms with Gasteiger partial charge in [-0.2, -0.15) is 5.10 Å². The Kier molecular flexibility index (Phi) is 6.12. The van der Waals surface area contributed by atoms with Crippen molar-refractivity contribution in [2.45, 2.75) is 20.0 Å². The number of carbonyl (C=O) groups excluding carboxylic acids is 2. The minimum atomic E-state index is -0.514. The van der Waals surface area contributed by atoms with Gasteiger partial charge in [-0.3, -0.25) is 4.79 Å². The number of nitrogens with zero attached hydrogens (tertiary/aromatic N) is 2. The maximum absolute atomic E-state index is 13.1. The molecule has 0 N–H and O–H groups in total. The van der Waals surface area contributed by atoms with E-state index < -0.39 is 5.97 Å². The monoisotopic (exact) mass is 480 g/mol. The summed E-state index contributed by atoms with van der Waals surface area (Å²) in [5, 5.41) is 4.81. The zero-order chi connectivity index (χ0) is 25.2. The molecule has 3 aromatic carbocycles. The Morgan fingerprint density at radius 3 is 2.47 bits per heavy atom. The summed E-state index contributed by atoms with van der Waals surface area (Å²) in [7, 11) is 1.30. The summed E-state index contributed by atoms with van der Waals surface area (Å²) in [6.07, 6.45) is 3.61. The molecule has 7 nitrogen and oxygen atoms in total. The van der Waals surface area contributed by atoms with Crippen molar-refractivity contribution in [3.05, 3.63) is 101 Å². The molecule has 1 aliphatic heterocycles. The molecule has 0 unspecified atom stereocenters.